The van der Waals surface area contributed by atoms with Crippen molar-refractivity contribution in [3.63, 3.8) is 0 Å². The van der Waals surface area contributed by atoms with Crippen LogP contribution in [0.1, 0.15) is 0 Å². The summed E-state index contributed by atoms with van der Waals surface area (Å²) in [5, 5.41) is 0. The molecule has 0 heterocycles. The topological polar surface area (TPSA) is 231 Å². The molecule has 0 radical (unpaired) electrons. The van der Waals surface area contributed by atoms with Crippen LogP contribution in [0.4, 0.5) is 0 Å². The summed E-state index contributed by atoms with van der Waals surface area (Å²) in [6.07, 6.45) is 0. The van der Waals surface area contributed by atoms with Crippen LogP contribution >= 0.6 is 28.5 Å². The van der Waals surface area contributed by atoms with Crippen molar-refractivity contribution in [1.82, 2.24) is 0 Å². The van der Waals surface area contributed by atoms with Crippen LogP contribution in [0.15, 0.2) is 0 Å². The van der Waals surface area contributed by atoms with Gasteiger partial charge in [-0.3, -0.25) is 0 Å². The summed E-state index contributed by atoms with van der Waals surface area (Å²) >= 11 is 36.4. The standard InChI is InChI=1S/5H3O2PS2.3V/c5*1-3(2,4)5;;;/h5*(H3,1,2,4,5);;;/q;;;;;3*+5/p-15. The SMILES string of the molecule is [O-]P([O-])(=S)[S-].[O-]P([O-])(=S)[S-].[O-]P([O-])(=S)[S-].[O-]P([O-])(=S)[S-].[O-]P([O-])(=S)[S-].[V+5].[V+5].[V+5]. The summed E-state index contributed by atoms with van der Waals surface area (Å²) in [6, 6.07) is 0. The molecule has 0 saturated heterocycles. The normalized spacial score (nSPS) is 10.5. The first-order valence-corrected chi connectivity index (χ1v) is 21.9. The van der Waals surface area contributed by atoms with Gasteiger partial charge in [-0.2, -0.15) is 59.0 Å². The molecule has 0 aromatic carbocycles. The maximum atomic E-state index is 9.29. The quantitative estimate of drug-likeness (QED) is 0.164. The first kappa shape index (κ1) is 55.0. The molecule has 0 aliphatic carbocycles. The summed E-state index contributed by atoms with van der Waals surface area (Å²) in [6.45, 7) is 0. The number of hydrogen-bond donors (Lipinski definition) is 0. The zero-order valence-electron chi connectivity index (χ0n) is 11.7. The average Bonchev–Trinajstić information content (AvgIpc) is 1.79. The van der Waals surface area contributed by atoms with Gasteiger partial charge >= 0.3 is 55.7 Å². The third-order valence-corrected chi connectivity index (χ3v) is 0. The van der Waals surface area contributed by atoms with Crippen LogP contribution in [-0.4, -0.2) is 0 Å². The first-order chi connectivity index (χ1) is 10.0. The van der Waals surface area contributed by atoms with Gasteiger partial charge in [0.15, 0.2) is 0 Å². The van der Waals surface area contributed by atoms with Gasteiger partial charge in [0.2, 0.25) is 0 Å². The van der Waals surface area contributed by atoms with Crippen molar-refractivity contribution in [3.05, 3.63) is 0 Å². The molecule has 10 nitrogen and oxygen atoms in total. The van der Waals surface area contributed by atoms with Crippen molar-refractivity contribution in [2.75, 3.05) is 0 Å². The average molecular weight is 788 g/mol. The maximum absolute atomic E-state index is 9.29. The molecule has 0 atom stereocenters. The second-order valence-electron chi connectivity index (χ2n) is 2.24. The van der Waals surface area contributed by atoms with Crippen molar-refractivity contribution < 1.29 is 105 Å². The van der Waals surface area contributed by atoms with Gasteiger partial charge in [-0.15, -0.1) is 0 Å². The zero-order valence-corrected chi connectivity index (χ0v) is 28.6. The Labute approximate surface area is 249 Å². The molecule has 28 heteroatoms. The molecule has 0 fully saturated rings. The van der Waals surface area contributed by atoms with Gasteiger partial charge in [0.1, 0.15) is 0 Å². The molecule has 0 saturated carbocycles. The van der Waals surface area contributed by atoms with E-state index in [1.807, 2.05) is 0 Å². The van der Waals surface area contributed by atoms with E-state index in [2.05, 4.69) is 120 Å². The van der Waals surface area contributed by atoms with Crippen LogP contribution in [0.3, 0.4) is 0 Å². The van der Waals surface area contributed by atoms with E-state index in [9.17, 15) is 48.9 Å². The summed E-state index contributed by atoms with van der Waals surface area (Å²) in [5.41, 5.74) is -18.6. The van der Waals surface area contributed by atoms with Crippen LogP contribution < -0.4 is 48.9 Å². The Morgan fingerprint density at radius 1 is 0.321 bits per heavy atom. The van der Waals surface area contributed by atoms with Crippen molar-refractivity contribution in [3.8, 4) is 0 Å². The summed E-state index contributed by atoms with van der Waals surface area (Å²) < 4.78 is 0. The Hall–Kier alpha value is 6.35. The van der Waals surface area contributed by atoms with Crippen LogP contribution in [0.5, 0.6) is 0 Å². The fraction of sp³-hybridized carbons (Fsp3) is 0. The molecule has 160 valence electrons. The summed E-state index contributed by atoms with van der Waals surface area (Å²) in [7, 11) is 0. The van der Waals surface area contributed by atoms with E-state index in [-0.39, 0.29) is 55.7 Å². The second-order valence-corrected chi connectivity index (χ2v) is 24.6. The van der Waals surface area contributed by atoms with E-state index in [4.69, 9.17) is 0 Å². The van der Waals surface area contributed by atoms with Crippen LogP contribution in [0.25, 0.3) is 0 Å². The Morgan fingerprint density at radius 3 is 0.321 bits per heavy atom. The van der Waals surface area contributed by atoms with Gasteiger partial charge < -0.3 is 139 Å². The molecular weight excluding hydrogens is 788 g/mol. The third kappa shape index (κ3) is 788. The van der Waals surface area contributed by atoms with E-state index in [1.54, 1.807) is 0 Å². The largest absolute Gasteiger partial charge is 5.00 e. The number of rotatable bonds is 0. The fourth-order valence-electron chi connectivity index (χ4n) is 0. The molecule has 0 unspecified atom stereocenters. The Bertz CT molecular complexity index is 399. The van der Waals surface area contributed by atoms with Crippen LogP contribution in [0, 0.1) is 0 Å². The van der Waals surface area contributed by atoms with Gasteiger partial charge in [0.25, 0.3) is 0 Å². The Kier molecular flexibility index (Phi) is 51.9. The smallest absolute Gasteiger partial charge is 0.850 e. The Morgan fingerprint density at radius 2 is 0.321 bits per heavy atom. The van der Waals surface area contributed by atoms with Gasteiger partial charge in [-0.05, 0) is 0 Å². The van der Waals surface area contributed by atoms with Gasteiger partial charge in [-0.25, -0.2) is 0 Å². The van der Waals surface area contributed by atoms with Crippen LogP contribution in [-0.2, 0) is 176 Å². The molecule has 0 bridgehead atoms. The number of hydrogen-bond acceptors (Lipinski definition) is 20. The van der Waals surface area contributed by atoms with Crippen molar-refractivity contribution >= 4 is 149 Å². The molecule has 0 aromatic heterocycles. The molecule has 28 heavy (non-hydrogen) atoms. The molecule has 0 aliphatic heterocycles. The molecule has 0 aromatic rings. The van der Waals surface area contributed by atoms with E-state index < -0.39 is 28.5 Å². The zero-order chi connectivity index (χ0) is 22.5. The molecule has 0 N–H and O–H groups in total. The van der Waals surface area contributed by atoms with Crippen molar-refractivity contribution in [2.45, 2.75) is 0 Å². The minimum atomic E-state index is -3.72. The van der Waals surface area contributed by atoms with E-state index in [0.717, 1.165) is 0 Å². The molecule has 0 spiro atoms. The van der Waals surface area contributed by atoms with Crippen LogP contribution in [0.2, 0.25) is 0 Å². The monoisotopic (exact) mass is 787 g/mol. The van der Waals surface area contributed by atoms with Gasteiger partial charge in [-0.1, -0.05) is 0 Å². The summed E-state index contributed by atoms with van der Waals surface area (Å²) in [5.74, 6) is 0. The minimum Gasteiger partial charge on any atom is -0.850 e. The van der Waals surface area contributed by atoms with Crippen molar-refractivity contribution in [2.24, 2.45) is 0 Å². The van der Waals surface area contributed by atoms with Gasteiger partial charge in [0, 0.05) is 0 Å². The van der Waals surface area contributed by atoms with Crippen molar-refractivity contribution in [1.29, 1.82) is 0 Å². The third-order valence-electron chi connectivity index (χ3n) is 0. The predicted octanol–water partition coefficient (Wildman–Crippen LogP) is -7.62. The fourth-order valence-corrected chi connectivity index (χ4v) is 0. The Balaban J connectivity index is -0.0000000290. The van der Waals surface area contributed by atoms with E-state index in [0.29, 0.717) is 0 Å². The maximum Gasteiger partial charge on any atom is 5.00 e. The van der Waals surface area contributed by atoms with E-state index >= 15 is 0 Å². The predicted molar refractivity (Wildman–Crippen MR) is 108 cm³/mol. The summed E-state index contributed by atoms with van der Waals surface area (Å²) in [4.78, 5) is 92.9. The van der Waals surface area contributed by atoms with E-state index in [1.165, 1.54) is 0 Å². The molecule has 0 amide bonds. The second kappa shape index (κ2) is 26.4. The molecule has 0 aliphatic rings. The first-order valence-electron chi connectivity index (χ1n) is 3.65. The molecular formula is O10P5S10V3. The molecule has 0 rings (SSSR count). The van der Waals surface area contributed by atoms with Gasteiger partial charge in [0.05, 0.1) is 0 Å². The minimum absolute atomic E-state index is 0.